The van der Waals surface area contributed by atoms with E-state index in [1.807, 2.05) is 12.1 Å². The molecule has 118 valence electrons. The Morgan fingerprint density at radius 3 is 2.76 bits per heavy atom. The Hall–Kier alpha value is -1.27. The molecule has 0 bridgehead atoms. The topological polar surface area (TPSA) is 73.6 Å². The van der Waals surface area contributed by atoms with Crippen molar-refractivity contribution in [1.29, 1.82) is 0 Å². The van der Waals surface area contributed by atoms with Crippen LogP contribution in [0.3, 0.4) is 0 Å². The molecule has 1 rings (SSSR count). The highest BCUT2D eigenvalue weighted by Crippen LogP contribution is 2.36. The third-order valence-electron chi connectivity index (χ3n) is 2.93. The average Bonchev–Trinajstić information content (AvgIpc) is 2.45. The Labute approximate surface area is 134 Å². The van der Waals surface area contributed by atoms with Crippen molar-refractivity contribution in [1.82, 2.24) is 5.32 Å². The summed E-state index contributed by atoms with van der Waals surface area (Å²) >= 11 is 3.44. The Kier molecular flexibility index (Phi) is 8.15. The number of methoxy groups -OCH3 is 1. The van der Waals surface area contributed by atoms with Crippen molar-refractivity contribution in [3.63, 3.8) is 0 Å². The Morgan fingerprint density at radius 2 is 2.14 bits per heavy atom. The molecule has 6 heteroatoms. The number of primary amides is 1. The van der Waals surface area contributed by atoms with Gasteiger partial charge in [0, 0.05) is 6.54 Å². The maximum absolute atomic E-state index is 10.8. The molecular formula is C15H23BrN2O3. The molecule has 0 radical (unpaired) electrons. The number of ether oxygens (including phenoxy) is 2. The predicted octanol–water partition coefficient (Wildman–Crippen LogP) is 2.60. The first-order valence-electron chi connectivity index (χ1n) is 7.06. The fraction of sp³-hybridized carbons (Fsp3) is 0.533. The normalized spacial score (nSPS) is 10.4. The molecule has 0 heterocycles. The lowest BCUT2D eigenvalue weighted by Crippen LogP contribution is -2.20. The van der Waals surface area contributed by atoms with E-state index < -0.39 is 5.91 Å². The number of carbonyl (C=O) groups is 1. The number of nitrogens with one attached hydrogen (secondary N) is 1. The summed E-state index contributed by atoms with van der Waals surface area (Å²) in [5.41, 5.74) is 6.17. The summed E-state index contributed by atoms with van der Waals surface area (Å²) in [6.45, 7) is 3.76. The van der Waals surface area contributed by atoms with Crippen LogP contribution in [0.15, 0.2) is 16.6 Å². The summed E-state index contributed by atoms with van der Waals surface area (Å²) < 4.78 is 11.4. The minimum Gasteiger partial charge on any atom is -0.493 e. The van der Waals surface area contributed by atoms with Gasteiger partial charge in [0.25, 0.3) is 5.91 Å². The van der Waals surface area contributed by atoms with Gasteiger partial charge >= 0.3 is 0 Å². The van der Waals surface area contributed by atoms with Crippen LogP contribution in [0.2, 0.25) is 0 Å². The quantitative estimate of drug-likeness (QED) is 0.630. The van der Waals surface area contributed by atoms with Gasteiger partial charge in [-0.05, 0) is 46.6 Å². The number of unbranched alkanes of at least 4 members (excludes halogenated alkanes) is 2. The third kappa shape index (κ3) is 6.35. The van der Waals surface area contributed by atoms with Crippen LogP contribution in [0, 0.1) is 0 Å². The second kappa shape index (κ2) is 9.63. The molecule has 0 saturated heterocycles. The lowest BCUT2D eigenvalue weighted by molar-refractivity contribution is -0.119. The van der Waals surface area contributed by atoms with E-state index in [1.165, 1.54) is 19.3 Å². The van der Waals surface area contributed by atoms with Gasteiger partial charge in [0.15, 0.2) is 18.1 Å². The zero-order valence-corrected chi connectivity index (χ0v) is 14.2. The van der Waals surface area contributed by atoms with Crippen molar-refractivity contribution in [2.45, 2.75) is 32.7 Å². The van der Waals surface area contributed by atoms with Crippen molar-refractivity contribution in [2.24, 2.45) is 5.73 Å². The Balaban J connectivity index is 2.67. The van der Waals surface area contributed by atoms with Gasteiger partial charge in [-0.2, -0.15) is 0 Å². The van der Waals surface area contributed by atoms with Crippen LogP contribution in [0.1, 0.15) is 31.7 Å². The van der Waals surface area contributed by atoms with Crippen LogP contribution >= 0.6 is 15.9 Å². The number of hydrogen-bond donors (Lipinski definition) is 2. The molecule has 0 saturated carbocycles. The first-order chi connectivity index (χ1) is 10.1. The molecule has 3 N–H and O–H groups in total. The first-order valence-corrected chi connectivity index (χ1v) is 7.86. The van der Waals surface area contributed by atoms with E-state index >= 15 is 0 Å². The third-order valence-corrected chi connectivity index (χ3v) is 3.52. The highest BCUT2D eigenvalue weighted by atomic mass is 79.9. The molecule has 1 aromatic rings. The van der Waals surface area contributed by atoms with Crippen molar-refractivity contribution < 1.29 is 14.3 Å². The van der Waals surface area contributed by atoms with Gasteiger partial charge in [0.1, 0.15) is 0 Å². The Bertz CT molecular complexity index is 466. The van der Waals surface area contributed by atoms with Gasteiger partial charge in [-0.25, -0.2) is 0 Å². The van der Waals surface area contributed by atoms with Crippen LogP contribution in [0.4, 0.5) is 0 Å². The average molecular weight is 359 g/mol. The van der Waals surface area contributed by atoms with Gasteiger partial charge in [-0.3, -0.25) is 4.79 Å². The number of rotatable bonds is 10. The second-order valence-corrected chi connectivity index (χ2v) is 5.60. The zero-order chi connectivity index (χ0) is 15.7. The van der Waals surface area contributed by atoms with E-state index in [9.17, 15) is 4.79 Å². The van der Waals surface area contributed by atoms with E-state index in [2.05, 4.69) is 28.2 Å². The van der Waals surface area contributed by atoms with Gasteiger partial charge in [0.2, 0.25) is 0 Å². The summed E-state index contributed by atoms with van der Waals surface area (Å²) in [5.74, 6) is 0.549. The van der Waals surface area contributed by atoms with Crippen LogP contribution in [-0.4, -0.2) is 26.2 Å². The minimum atomic E-state index is -0.523. The zero-order valence-electron chi connectivity index (χ0n) is 12.6. The SMILES string of the molecule is CCCCCNCc1cc(Br)c(OCC(N)=O)c(OC)c1. The molecule has 0 aliphatic carbocycles. The number of benzene rings is 1. The number of amides is 1. The summed E-state index contributed by atoms with van der Waals surface area (Å²) in [6, 6.07) is 3.85. The first kappa shape index (κ1) is 17.8. The summed E-state index contributed by atoms with van der Waals surface area (Å²) in [5, 5.41) is 3.39. The fourth-order valence-corrected chi connectivity index (χ4v) is 2.50. The summed E-state index contributed by atoms with van der Waals surface area (Å²) in [4.78, 5) is 10.8. The van der Waals surface area contributed by atoms with Crippen molar-refractivity contribution in [3.8, 4) is 11.5 Å². The van der Waals surface area contributed by atoms with Crippen molar-refractivity contribution in [3.05, 3.63) is 22.2 Å². The largest absolute Gasteiger partial charge is 0.493 e. The van der Waals surface area contributed by atoms with Crippen LogP contribution in [0.5, 0.6) is 11.5 Å². The van der Waals surface area contributed by atoms with E-state index in [0.29, 0.717) is 11.5 Å². The smallest absolute Gasteiger partial charge is 0.255 e. The van der Waals surface area contributed by atoms with Gasteiger partial charge in [-0.15, -0.1) is 0 Å². The van der Waals surface area contributed by atoms with Gasteiger partial charge < -0.3 is 20.5 Å². The number of carbonyl (C=O) groups excluding carboxylic acids is 1. The van der Waals surface area contributed by atoms with Crippen molar-refractivity contribution >= 4 is 21.8 Å². The maximum atomic E-state index is 10.8. The highest BCUT2D eigenvalue weighted by molar-refractivity contribution is 9.10. The van der Waals surface area contributed by atoms with E-state index in [0.717, 1.165) is 23.1 Å². The summed E-state index contributed by atoms with van der Waals surface area (Å²) in [6.07, 6.45) is 3.63. The van der Waals surface area contributed by atoms with Crippen LogP contribution in [0.25, 0.3) is 0 Å². The molecule has 5 nitrogen and oxygen atoms in total. The molecule has 0 atom stereocenters. The number of nitrogens with two attached hydrogens (primary N) is 1. The maximum Gasteiger partial charge on any atom is 0.255 e. The molecular weight excluding hydrogens is 336 g/mol. The fourth-order valence-electron chi connectivity index (χ4n) is 1.89. The molecule has 0 unspecified atom stereocenters. The molecule has 1 aromatic carbocycles. The second-order valence-electron chi connectivity index (χ2n) is 4.75. The van der Waals surface area contributed by atoms with Crippen molar-refractivity contribution in [2.75, 3.05) is 20.3 Å². The van der Waals surface area contributed by atoms with Crippen LogP contribution < -0.4 is 20.5 Å². The molecule has 0 aliphatic heterocycles. The van der Waals surface area contributed by atoms with E-state index in [1.54, 1.807) is 7.11 Å². The Morgan fingerprint density at radius 1 is 1.38 bits per heavy atom. The molecule has 0 fully saturated rings. The predicted molar refractivity (Wildman–Crippen MR) is 86.6 cm³/mol. The lowest BCUT2D eigenvalue weighted by Gasteiger charge is -2.14. The molecule has 0 aliphatic rings. The summed E-state index contributed by atoms with van der Waals surface area (Å²) in [7, 11) is 1.57. The minimum absolute atomic E-state index is 0.177. The standard InChI is InChI=1S/C15H23BrN2O3/c1-3-4-5-6-18-9-11-7-12(16)15(13(8-11)20-2)21-10-14(17)19/h7-8,18H,3-6,9-10H2,1-2H3,(H2,17,19). The molecule has 0 aromatic heterocycles. The number of halogens is 1. The molecule has 21 heavy (non-hydrogen) atoms. The lowest BCUT2D eigenvalue weighted by atomic mass is 10.2. The van der Waals surface area contributed by atoms with Gasteiger partial charge in [-0.1, -0.05) is 19.8 Å². The van der Waals surface area contributed by atoms with Gasteiger partial charge in [0.05, 0.1) is 11.6 Å². The number of hydrogen-bond acceptors (Lipinski definition) is 4. The van der Waals surface area contributed by atoms with E-state index in [4.69, 9.17) is 15.2 Å². The highest BCUT2D eigenvalue weighted by Gasteiger charge is 2.12. The molecule has 0 spiro atoms. The monoisotopic (exact) mass is 358 g/mol. The van der Waals surface area contributed by atoms with Crippen LogP contribution in [-0.2, 0) is 11.3 Å². The molecule has 1 amide bonds. The van der Waals surface area contributed by atoms with E-state index in [-0.39, 0.29) is 6.61 Å².